The van der Waals surface area contributed by atoms with Crippen molar-refractivity contribution in [3.05, 3.63) is 30.5 Å². The molecule has 13 heteroatoms. The van der Waals surface area contributed by atoms with Gasteiger partial charge in [0.05, 0.1) is 18.7 Å². The van der Waals surface area contributed by atoms with E-state index in [0.717, 1.165) is 18.2 Å². The molecule has 0 aliphatic carbocycles. The molecule has 9 nitrogen and oxygen atoms in total. The van der Waals surface area contributed by atoms with Crippen LogP contribution >= 0.6 is 0 Å². The maximum absolute atomic E-state index is 14.5. The molecule has 1 fully saturated rings. The van der Waals surface area contributed by atoms with Gasteiger partial charge in [0, 0.05) is 24.8 Å². The molecule has 1 aromatic carbocycles. The molecule has 0 radical (unpaired) electrons. The number of likely N-dealkylation sites (tertiary alicyclic amines) is 1. The number of rotatable bonds is 5. The Bertz CT molecular complexity index is 1370. The maximum Gasteiger partial charge on any atom is 0.410 e. The molecule has 1 aliphatic rings. The van der Waals surface area contributed by atoms with Crippen LogP contribution in [0.3, 0.4) is 0 Å². The number of alkyl halides is 4. The van der Waals surface area contributed by atoms with Crippen LogP contribution in [-0.2, 0) is 0 Å². The molecule has 186 valence electrons. The van der Waals surface area contributed by atoms with Crippen LogP contribution in [0.5, 0.6) is 5.88 Å². The minimum absolute atomic E-state index is 0.227. The first kappa shape index (κ1) is 23.3. The second kappa shape index (κ2) is 8.63. The van der Waals surface area contributed by atoms with Gasteiger partial charge in [0.1, 0.15) is 23.2 Å². The van der Waals surface area contributed by atoms with Crippen LogP contribution in [0.2, 0.25) is 0 Å². The highest BCUT2D eigenvalue weighted by molar-refractivity contribution is 5.89. The highest BCUT2D eigenvalue weighted by Crippen LogP contribution is 2.35. The first-order valence-corrected chi connectivity index (χ1v) is 11.1. The Hall–Kier alpha value is -3.48. The van der Waals surface area contributed by atoms with Crippen molar-refractivity contribution in [2.24, 2.45) is 0 Å². The third kappa shape index (κ3) is 4.24. The lowest BCUT2D eigenvalue weighted by Gasteiger charge is -2.32. The minimum Gasteiger partial charge on any atom is -0.479 e. The van der Waals surface area contributed by atoms with Crippen molar-refractivity contribution in [2.45, 2.75) is 37.8 Å². The number of nitrogens with one attached hydrogen (secondary N) is 1. The molecule has 4 aromatic rings. The zero-order valence-electron chi connectivity index (χ0n) is 19.3. The summed E-state index contributed by atoms with van der Waals surface area (Å²) in [7, 11) is 3.34. The van der Waals surface area contributed by atoms with Crippen molar-refractivity contribution in [2.75, 3.05) is 32.6 Å². The van der Waals surface area contributed by atoms with Crippen LogP contribution in [0.15, 0.2) is 30.5 Å². The van der Waals surface area contributed by atoms with E-state index in [9.17, 15) is 17.6 Å². The topological polar surface area (TPSA) is 85.4 Å². The number of ether oxygens (including phenoxy) is 1. The molecule has 3 atom stereocenters. The third-order valence-corrected chi connectivity index (χ3v) is 6.35. The Morgan fingerprint density at radius 3 is 2.74 bits per heavy atom. The van der Waals surface area contributed by atoms with Crippen molar-refractivity contribution >= 4 is 22.5 Å². The van der Waals surface area contributed by atoms with Crippen LogP contribution in [0.4, 0.5) is 23.5 Å². The highest BCUT2D eigenvalue weighted by Gasteiger charge is 2.39. The predicted molar refractivity (Wildman–Crippen MR) is 121 cm³/mol. The fourth-order valence-electron chi connectivity index (χ4n) is 4.34. The molecule has 1 saturated heterocycles. The van der Waals surface area contributed by atoms with Gasteiger partial charge in [-0.15, -0.1) is 10.2 Å². The van der Waals surface area contributed by atoms with Crippen LogP contribution in [0, 0.1) is 0 Å². The Kier molecular flexibility index (Phi) is 5.74. The van der Waals surface area contributed by atoms with E-state index in [1.54, 1.807) is 35.0 Å². The zero-order chi connectivity index (χ0) is 24.9. The summed E-state index contributed by atoms with van der Waals surface area (Å²) in [5, 5.41) is 15.1. The zero-order valence-corrected chi connectivity index (χ0v) is 19.3. The van der Waals surface area contributed by atoms with E-state index in [-0.39, 0.29) is 17.3 Å². The maximum atomic E-state index is 14.5. The summed E-state index contributed by atoms with van der Waals surface area (Å²) >= 11 is 0. The number of halogens is 4. The molecule has 1 aliphatic heterocycles. The largest absolute Gasteiger partial charge is 0.479 e. The average molecular weight is 492 g/mol. The molecule has 0 bridgehead atoms. The number of benzene rings is 1. The van der Waals surface area contributed by atoms with Gasteiger partial charge in [-0.05, 0) is 44.2 Å². The van der Waals surface area contributed by atoms with Crippen molar-refractivity contribution in [1.82, 2.24) is 34.5 Å². The van der Waals surface area contributed by atoms with Crippen molar-refractivity contribution in [3.63, 3.8) is 0 Å². The Morgan fingerprint density at radius 1 is 1.23 bits per heavy atom. The number of hydrogen-bond donors (Lipinski definition) is 1. The van der Waals surface area contributed by atoms with E-state index in [1.165, 1.54) is 7.11 Å². The molecular formula is C22H24F4N8O. The number of fused-ring (bicyclic) bond motifs is 2. The minimum atomic E-state index is -4.47. The van der Waals surface area contributed by atoms with Crippen LogP contribution in [0.1, 0.15) is 19.4 Å². The van der Waals surface area contributed by atoms with Gasteiger partial charge < -0.3 is 15.0 Å². The number of nitrogens with zero attached hydrogens (tertiary/aromatic N) is 7. The van der Waals surface area contributed by atoms with Gasteiger partial charge in [-0.3, -0.25) is 0 Å². The SMILES string of the molecule is COc1nc(N[C@@H]2CCN(C)C[C@@H]2F)nn2ccc(-c3ccc4nnn([C@H](C)C(F)(F)F)c4c3)c12. The van der Waals surface area contributed by atoms with Crippen molar-refractivity contribution in [3.8, 4) is 17.0 Å². The van der Waals surface area contributed by atoms with E-state index in [2.05, 4.69) is 25.7 Å². The smallest absolute Gasteiger partial charge is 0.410 e. The number of piperidine rings is 1. The predicted octanol–water partition coefficient (Wildman–Crippen LogP) is 3.73. The fraction of sp³-hybridized carbons (Fsp3) is 0.455. The van der Waals surface area contributed by atoms with Gasteiger partial charge >= 0.3 is 6.18 Å². The van der Waals surface area contributed by atoms with Crippen LogP contribution < -0.4 is 10.1 Å². The van der Waals surface area contributed by atoms with E-state index >= 15 is 0 Å². The van der Waals surface area contributed by atoms with E-state index in [1.807, 2.05) is 11.9 Å². The summed E-state index contributed by atoms with van der Waals surface area (Å²) in [6.45, 7) is 2.11. The summed E-state index contributed by atoms with van der Waals surface area (Å²) in [6, 6.07) is 4.48. The summed E-state index contributed by atoms with van der Waals surface area (Å²) < 4.78 is 62.4. The van der Waals surface area contributed by atoms with E-state index in [0.29, 0.717) is 35.1 Å². The van der Waals surface area contributed by atoms with E-state index in [4.69, 9.17) is 4.74 Å². The lowest BCUT2D eigenvalue weighted by atomic mass is 10.0. The van der Waals surface area contributed by atoms with Gasteiger partial charge in [0.15, 0.2) is 0 Å². The lowest BCUT2D eigenvalue weighted by Crippen LogP contribution is -2.46. The molecule has 0 spiro atoms. The van der Waals surface area contributed by atoms with Gasteiger partial charge in [-0.2, -0.15) is 18.2 Å². The molecule has 5 rings (SSSR count). The summed E-state index contributed by atoms with van der Waals surface area (Å²) in [5.41, 5.74) is 2.41. The molecule has 0 amide bonds. The van der Waals surface area contributed by atoms with Gasteiger partial charge in [-0.25, -0.2) is 13.6 Å². The molecule has 0 unspecified atom stereocenters. The summed E-state index contributed by atoms with van der Waals surface area (Å²) in [6.07, 6.45) is -3.23. The average Bonchev–Trinajstić information content (AvgIpc) is 3.43. The number of hydrogen-bond acceptors (Lipinski definition) is 7. The first-order valence-electron chi connectivity index (χ1n) is 11.1. The highest BCUT2D eigenvalue weighted by atomic mass is 19.4. The number of anilines is 1. The molecule has 3 aromatic heterocycles. The van der Waals surface area contributed by atoms with Gasteiger partial charge in [0.2, 0.25) is 11.8 Å². The standard InChI is InChI=1S/C22H24F4N8O/c1-12(22(24,25)26)34-18-10-13(4-5-17(18)29-31-34)14-6-9-33-19(14)20(35-3)28-21(30-33)27-16-7-8-32(2)11-15(16)23/h4-6,9-10,12,15-16H,7-8,11H2,1-3H3,(H,27,30)/t12-,15+,16-/m1/s1. The Balaban J connectivity index is 1.53. The number of methoxy groups -OCH3 is 1. The van der Waals surface area contributed by atoms with Crippen LogP contribution in [-0.4, -0.2) is 80.1 Å². The molecule has 1 N–H and O–H groups in total. The third-order valence-electron chi connectivity index (χ3n) is 6.35. The second-order valence-electron chi connectivity index (χ2n) is 8.74. The Labute approximate surface area is 197 Å². The second-order valence-corrected chi connectivity index (χ2v) is 8.74. The molecule has 4 heterocycles. The molecular weight excluding hydrogens is 468 g/mol. The fourth-order valence-corrected chi connectivity index (χ4v) is 4.34. The first-order chi connectivity index (χ1) is 16.7. The van der Waals surface area contributed by atoms with Gasteiger partial charge in [-0.1, -0.05) is 11.3 Å². The van der Waals surface area contributed by atoms with E-state index < -0.39 is 24.4 Å². The molecule has 35 heavy (non-hydrogen) atoms. The number of aromatic nitrogens is 6. The van der Waals surface area contributed by atoms with Crippen molar-refractivity contribution in [1.29, 1.82) is 0 Å². The molecule has 0 saturated carbocycles. The van der Waals surface area contributed by atoms with Gasteiger partial charge in [0.25, 0.3) is 0 Å². The van der Waals surface area contributed by atoms with Crippen molar-refractivity contribution < 1.29 is 22.3 Å². The Morgan fingerprint density at radius 2 is 2.03 bits per heavy atom. The summed E-state index contributed by atoms with van der Waals surface area (Å²) in [5.74, 6) is 0.478. The van der Waals surface area contributed by atoms with Crippen LogP contribution in [0.25, 0.3) is 27.7 Å². The lowest BCUT2D eigenvalue weighted by molar-refractivity contribution is -0.164. The monoisotopic (exact) mass is 492 g/mol. The normalized spacial score (nSPS) is 20.4. The quantitative estimate of drug-likeness (QED) is 0.425. The summed E-state index contributed by atoms with van der Waals surface area (Å²) in [4.78, 5) is 6.36.